The number of carbonyl (C=O) groups is 1. The summed E-state index contributed by atoms with van der Waals surface area (Å²) in [5.41, 5.74) is 2.22. The van der Waals surface area contributed by atoms with E-state index in [1.807, 2.05) is 38.2 Å². The van der Waals surface area contributed by atoms with Crippen molar-refractivity contribution in [2.24, 2.45) is 0 Å². The molecule has 0 spiro atoms. The molecule has 3 rings (SSSR count). The van der Waals surface area contributed by atoms with E-state index in [-0.39, 0.29) is 10.1 Å². The van der Waals surface area contributed by atoms with Crippen LogP contribution in [0.3, 0.4) is 0 Å². The van der Waals surface area contributed by atoms with E-state index in [0.717, 1.165) is 16.5 Å². The summed E-state index contributed by atoms with van der Waals surface area (Å²) in [6, 6.07) is 7.59. The van der Waals surface area contributed by atoms with Crippen LogP contribution in [-0.2, 0) is 4.79 Å². The molecule has 100 valence electrons. The van der Waals surface area contributed by atoms with Gasteiger partial charge in [0.05, 0.1) is 5.37 Å². The van der Waals surface area contributed by atoms with Crippen LogP contribution < -0.4 is 5.32 Å². The summed E-state index contributed by atoms with van der Waals surface area (Å²) in [6.07, 6.45) is 1.91. The van der Waals surface area contributed by atoms with Gasteiger partial charge in [-0.3, -0.25) is 10.1 Å². The topological polar surface area (TPSA) is 65.1 Å². The molecule has 0 amide bonds. The van der Waals surface area contributed by atoms with Crippen molar-refractivity contribution in [3.05, 3.63) is 36.0 Å². The van der Waals surface area contributed by atoms with Gasteiger partial charge in [0.15, 0.2) is 0 Å². The minimum absolute atomic E-state index is 0.00981. The predicted molar refractivity (Wildman–Crippen MR) is 77.3 cm³/mol. The molecule has 1 aromatic heterocycles. The van der Waals surface area contributed by atoms with Crippen molar-refractivity contribution in [2.45, 2.75) is 30.0 Å². The average Bonchev–Trinajstić information content (AvgIpc) is 2.91. The largest absolute Gasteiger partial charge is 0.480 e. The van der Waals surface area contributed by atoms with E-state index < -0.39 is 12.0 Å². The number of aromatic amines is 1. The van der Waals surface area contributed by atoms with Crippen molar-refractivity contribution in [3.63, 3.8) is 0 Å². The molecule has 2 heterocycles. The van der Waals surface area contributed by atoms with E-state index in [4.69, 9.17) is 0 Å². The number of hydrogen-bond acceptors (Lipinski definition) is 3. The highest BCUT2D eigenvalue weighted by molar-refractivity contribution is 8.01. The molecule has 0 saturated carbocycles. The maximum Gasteiger partial charge on any atom is 0.322 e. The van der Waals surface area contributed by atoms with Gasteiger partial charge in [-0.25, -0.2) is 0 Å². The number of nitrogens with one attached hydrogen (secondary N) is 2. The molecule has 5 heteroatoms. The van der Waals surface area contributed by atoms with Crippen molar-refractivity contribution in [2.75, 3.05) is 0 Å². The lowest BCUT2D eigenvalue weighted by molar-refractivity contribution is -0.139. The molecule has 0 bridgehead atoms. The number of hydrogen-bond donors (Lipinski definition) is 3. The fourth-order valence-electron chi connectivity index (χ4n) is 2.62. The molecule has 1 saturated heterocycles. The Morgan fingerprint density at radius 2 is 2.16 bits per heavy atom. The van der Waals surface area contributed by atoms with Crippen LogP contribution >= 0.6 is 11.8 Å². The SMILES string of the molecule is CC1(C)S[C@@H](c2cccc3[nH]ccc23)N[C@@H]1C(=O)O. The van der Waals surface area contributed by atoms with Gasteiger partial charge in [-0.15, -0.1) is 11.8 Å². The van der Waals surface area contributed by atoms with Crippen molar-refractivity contribution in [1.82, 2.24) is 10.3 Å². The van der Waals surface area contributed by atoms with Crippen LogP contribution in [0.25, 0.3) is 10.9 Å². The summed E-state index contributed by atoms with van der Waals surface area (Å²) in [4.78, 5) is 14.5. The van der Waals surface area contributed by atoms with Gasteiger partial charge >= 0.3 is 5.97 Å². The first-order valence-corrected chi connectivity index (χ1v) is 7.10. The van der Waals surface area contributed by atoms with Crippen LogP contribution in [0.15, 0.2) is 30.5 Å². The number of thioether (sulfide) groups is 1. The van der Waals surface area contributed by atoms with Gasteiger partial charge in [0.2, 0.25) is 0 Å². The van der Waals surface area contributed by atoms with Crippen LogP contribution in [0.4, 0.5) is 0 Å². The monoisotopic (exact) mass is 276 g/mol. The fraction of sp³-hybridized carbons (Fsp3) is 0.357. The Bertz CT molecular complexity index is 635. The molecule has 1 fully saturated rings. The first kappa shape index (κ1) is 12.6. The van der Waals surface area contributed by atoms with E-state index in [9.17, 15) is 9.90 Å². The molecule has 3 N–H and O–H groups in total. The normalized spacial score (nSPS) is 25.8. The molecule has 4 nitrogen and oxygen atoms in total. The highest BCUT2D eigenvalue weighted by Crippen LogP contribution is 2.47. The summed E-state index contributed by atoms with van der Waals surface area (Å²) in [7, 11) is 0. The molecule has 1 aliphatic heterocycles. The summed E-state index contributed by atoms with van der Waals surface area (Å²) in [6.45, 7) is 3.95. The maximum atomic E-state index is 11.3. The van der Waals surface area contributed by atoms with Crippen molar-refractivity contribution in [3.8, 4) is 0 Å². The third kappa shape index (κ3) is 2.03. The van der Waals surface area contributed by atoms with E-state index in [2.05, 4.69) is 16.4 Å². The highest BCUT2D eigenvalue weighted by atomic mass is 32.2. The molecule has 1 aliphatic rings. The van der Waals surface area contributed by atoms with Crippen molar-refractivity contribution >= 4 is 28.6 Å². The van der Waals surface area contributed by atoms with Gasteiger partial charge in [0, 0.05) is 21.8 Å². The smallest absolute Gasteiger partial charge is 0.322 e. The van der Waals surface area contributed by atoms with Gasteiger partial charge in [0.1, 0.15) is 6.04 Å². The van der Waals surface area contributed by atoms with Crippen LogP contribution in [-0.4, -0.2) is 26.8 Å². The first-order valence-electron chi connectivity index (χ1n) is 6.22. The number of aromatic nitrogens is 1. The number of H-pyrrole nitrogens is 1. The quantitative estimate of drug-likeness (QED) is 0.789. The average molecular weight is 276 g/mol. The molecule has 0 radical (unpaired) electrons. The van der Waals surface area contributed by atoms with Crippen LogP contribution in [0.2, 0.25) is 0 Å². The molecule has 2 atom stereocenters. The number of benzene rings is 1. The third-order valence-corrected chi connectivity index (χ3v) is 5.06. The second-order valence-electron chi connectivity index (χ2n) is 5.33. The number of fused-ring (bicyclic) bond motifs is 1. The number of rotatable bonds is 2. The van der Waals surface area contributed by atoms with Gasteiger partial charge < -0.3 is 10.1 Å². The second-order valence-corrected chi connectivity index (χ2v) is 7.08. The summed E-state index contributed by atoms with van der Waals surface area (Å²) in [5, 5.41) is 13.7. The maximum absolute atomic E-state index is 11.3. The first-order chi connectivity index (χ1) is 8.99. The van der Waals surface area contributed by atoms with E-state index in [1.165, 1.54) is 0 Å². The summed E-state index contributed by atoms with van der Waals surface area (Å²) >= 11 is 1.67. The number of carboxylic acids is 1. The molecule has 19 heavy (non-hydrogen) atoms. The van der Waals surface area contributed by atoms with Crippen LogP contribution in [0.1, 0.15) is 24.8 Å². The molecule has 0 aliphatic carbocycles. The Balaban J connectivity index is 2.00. The van der Waals surface area contributed by atoms with E-state index in [0.29, 0.717) is 0 Å². The summed E-state index contributed by atoms with van der Waals surface area (Å²) in [5.74, 6) is -0.791. The highest BCUT2D eigenvalue weighted by Gasteiger charge is 2.45. The lowest BCUT2D eigenvalue weighted by atomic mass is 10.0. The molecule has 2 aromatic rings. The Morgan fingerprint density at radius 1 is 1.37 bits per heavy atom. The molecular formula is C14H16N2O2S. The fourth-order valence-corrected chi connectivity index (χ4v) is 4.07. The van der Waals surface area contributed by atoms with Gasteiger partial charge in [-0.2, -0.15) is 0 Å². The zero-order valence-electron chi connectivity index (χ0n) is 10.8. The number of carboxylic acid groups (broad SMARTS) is 1. The zero-order chi connectivity index (χ0) is 13.6. The Labute approximate surface area is 115 Å². The van der Waals surface area contributed by atoms with Crippen molar-refractivity contribution in [1.29, 1.82) is 0 Å². The van der Waals surface area contributed by atoms with E-state index >= 15 is 0 Å². The molecule has 0 unspecified atom stereocenters. The number of aliphatic carboxylic acids is 1. The van der Waals surface area contributed by atoms with Crippen LogP contribution in [0.5, 0.6) is 0 Å². The molecular weight excluding hydrogens is 260 g/mol. The minimum Gasteiger partial charge on any atom is -0.480 e. The third-order valence-electron chi connectivity index (χ3n) is 3.59. The predicted octanol–water partition coefficient (Wildman–Crippen LogP) is 2.73. The lowest BCUT2D eigenvalue weighted by Gasteiger charge is -2.20. The van der Waals surface area contributed by atoms with Crippen LogP contribution in [0, 0.1) is 0 Å². The van der Waals surface area contributed by atoms with Gasteiger partial charge in [-0.05, 0) is 31.5 Å². The Kier molecular flexibility index (Phi) is 2.83. The second kappa shape index (κ2) is 4.28. The van der Waals surface area contributed by atoms with Gasteiger partial charge in [-0.1, -0.05) is 12.1 Å². The van der Waals surface area contributed by atoms with Gasteiger partial charge in [0.25, 0.3) is 0 Å². The Hall–Kier alpha value is -1.46. The Morgan fingerprint density at radius 3 is 2.84 bits per heavy atom. The van der Waals surface area contributed by atoms with Crippen molar-refractivity contribution < 1.29 is 9.90 Å². The lowest BCUT2D eigenvalue weighted by Crippen LogP contribution is -2.43. The zero-order valence-corrected chi connectivity index (χ0v) is 11.6. The standard InChI is InChI=1S/C14H16N2O2S/c1-14(2)11(13(17)18)16-12(19-14)9-4-3-5-10-8(9)6-7-15-10/h3-7,11-12,15-16H,1-2H3,(H,17,18)/t11-,12+/m1/s1. The molecule has 1 aromatic carbocycles. The van der Waals surface area contributed by atoms with E-state index in [1.54, 1.807) is 11.8 Å². The minimum atomic E-state index is -0.791. The summed E-state index contributed by atoms with van der Waals surface area (Å²) < 4.78 is -0.324.